The zero-order valence-corrected chi connectivity index (χ0v) is 27.8. The van der Waals surface area contributed by atoms with Crippen LogP contribution in [0.15, 0.2) is 60.9 Å². The second kappa shape index (κ2) is 25.1. The highest BCUT2D eigenvalue weighted by atomic mass is 31.2. The summed E-state index contributed by atoms with van der Waals surface area (Å²) in [6, 6.07) is 14.1. The smallest absolute Gasteiger partial charge is 0.338 e. The van der Waals surface area contributed by atoms with Crippen LogP contribution in [-0.2, 0) is 29.6 Å². The SMILES string of the molecule is CCCCCCCCCCCCCCCCCCOCC(COP(=O)([O-])OCC[n+]1ccccc1)OC(=O)c1ccccc1. The van der Waals surface area contributed by atoms with E-state index in [-0.39, 0.29) is 19.8 Å². The van der Waals surface area contributed by atoms with Crippen molar-refractivity contribution in [1.82, 2.24) is 0 Å². The molecule has 0 spiro atoms. The summed E-state index contributed by atoms with van der Waals surface area (Å²) in [5, 5.41) is 0. The normalized spacial score (nSPS) is 13.4. The summed E-state index contributed by atoms with van der Waals surface area (Å²) in [5.41, 5.74) is 0.372. The van der Waals surface area contributed by atoms with Crippen molar-refractivity contribution in [2.45, 2.75) is 122 Å². The minimum atomic E-state index is -4.59. The van der Waals surface area contributed by atoms with Crippen LogP contribution in [0.25, 0.3) is 0 Å². The number of nitrogens with zero attached hydrogens (tertiary/aromatic N) is 1. The molecule has 248 valence electrons. The van der Waals surface area contributed by atoms with Crippen LogP contribution in [0.2, 0.25) is 0 Å². The Balaban J connectivity index is 1.57. The first kappa shape index (κ1) is 38.1. The average Bonchev–Trinajstić information content (AvgIpc) is 3.03. The van der Waals surface area contributed by atoms with Crippen molar-refractivity contribution in [1.29, 1.82) is 0 Å². The molecule has 8 nitrogen and oxygen atoms in total. The van der Waals surface area contributed by atoms with Crippen molar-refractivity contribution in [3.63, 3.8) is 0 Å². The Bertz CT molecular complexity index is 1010. The maximum Gasteiger partial charge on any atom is 0.338 e. The molecule has 1 heterocycles. The summed E-state index contributed by atoms with van der Waals surface area (Å²) in [4.78, 5) is 24.9. The molecule has 0 saturated carbocycles. The molecule has 0 aliphatic rings. The third kappa shape index (κ3) is 20.0. The van der Waals surface area contributed by atoms with Crippen LogP contribution in [-0.4, -0.2) is 38.5 Å². The molecule has 0 N–H and O–H groups in total. The summed E-state index contributed by atoms with van der Waals surface area (Å²) in [6.45, 7) is 2.72. The Morgan fingerprint density at radius 1 is 0.705 bits per heavy atom. The number of hydrogen-bond acceptors (Lipinski definition) is 7. The van der Waals surface area contributed by atoms with Gasteiger partial charge in [0, 0.05) is 18.7 Å². The molecule has 0 bridgehead atoms. The number of pyridine rings is 1. The highest BCUT2D eigenvalue weighted by molar-refractivity contribution is 7.45. The van der Waals surface area contributed by atoms with E-state index in [4.69, 9.17) is 18.5 Å². The van der Waals surface area contributed by atoms with Gasteiger partial charge < -0.3 is 23.4 Å². The molecule has 1 aromatic heterocycles. The molecular weight excluding hydrogens is 577 g/mol. The van der Waals surface area contributed by atoms with E-state index in [2.05, 4.69) is 6.92 Å². The summed E-state index contributed by atoms with van der Waals surface area (Å²) in [6.07, 6.45) is 23.5. The Hall–Kier alpha value is -2.09. The van der Waals surface area contributed by atoms with Gasteiger partial charge >= 0.3 is 5.97 Å². The summed E-state index contributed by atoms with van der Waals surface area (Å²) in [7, 11) is -4.59. The fourth-order valence-electron chi connectivity index (χ4n) is 4.93. The highest BCUT2D eigenvalue weighted by Crippen LogP contribution is 2.38. The first-order valence-corrected chi connectivity index (χ1v) is 18.3. The number of unbranched alkanes of at least 4 members (excludes halogenated alkanes) is 15. The van der Waals surface area contributed by atoms with E-state index < -0.39 is 19.9 Å². The second-order valence-corrected chi connectivity index (χ2v) is 12.9. The molecule has 2 atom stereocenters. The summed E-state index contributed by atoms with van der Waals surface area (Å²) >= 11 is 0. The van der Waals surface area contributed by atoms with Crippen molar-refractivity contribution in [2.24, 2.45) is 0 Å². The quantitative estimate of drug-likeness (QED) is 0.0406. The van der Waals surface area contributed by atoms with Gasteiger partial charge in [-0.2, -0.15) is 0 Å². The van der Waals surface area contributed by atoms with E-state index in [1.807, 2.05) is 30.6 Å². The van der Waals surface area contributed by atoms with E-state index in [1.165, 1.54) is 89.9 Å². The maximum atomic E-state index is 12.6. The predicted molar refractivity (Wildman–Crippen MR) is 172 cm³/mol. The molecule has 0 fully saturated rings. The predicted octanol–water partition coefficient (Wildman–Crippen LogP) is 7.98. The van der Waals surface area contributed by atoms with Gasteiger partial charge in [0.15, 0.2) is 18.9 Å². The molecule has 2 unspecified atom stereocenters. The van der Waals surface area contributed by atoms with Gasteiger partial charge in [-0.25, -0.2) is 9.36 Å². The summed E-state index contributed by atoms with van der Waals surface area (Å²) in [5.74, 6) is -0.563. The Morgan fingerprint density at radius 2 is 1.23 bits per heavy atom. The van der Waals surface area contributed by atoms with Crippen molar-refractivity contribution in [2.75, 3.05) is 26.4 Å². The van der Waals surface area contributed by atoms with Crippen LogP contribution in [0.4, 0.5) is 0 Å². The largest absolute Gasteiger partial charge is 0.756 e. The fraction of sp³-hybridized carbons (Fsp3) is 0.657. The van der Waals surface area contributed by atoms with E-state index in [9.17, 15) is 14.3 Å². The lowest BCUT2D eigenvalue weighted by Gasteiger charge is -2.25. The first-order chi connectivity index (χ1) is 21.5. The number of phosphoric acid groups is 1. The topological polar surface area (TPSA) is 98.0 Å². The zero-order valence-electron chi connectivity index (χ0n) is 27.0. The van der Waals surface area contributed by atoms with Crippen LogP contribution in [0.1, 0.15) is 120 Å². The van der Waals surface area contributed by atoms with Crippen molar-refractivity contribution in [3.8, 4) is 0 Å². The van der Waals surface area contributed by atoms with Gasteiger partial charge in [0.25, 0.3) is 7.82 Å². The molecule has 0 aliphatic carbocycles. The number of carbonyl (C=O) groups is 1. The molecule has 0 amide bonds. The average molecular weight is 634 g/mol. The number of esters is 1. The van der Waals surface area contributed by atoms with Gasteiger partial charge in [0.2, 0.25) is 0 Å². The van der Waals surface area contributed by atoms with Gasteiger partial charge in [-0.3, -0.25) is 4.57 Å². The minimum Gasteiger partial charge on any atom is -0.756 e. The number of hydrogen-bond donors (Lipinski definition) is 0. The molecule has 9 heteroatoms. The van der Waals surface area contributed by atoms with E-state index >= 15 is 0 Å². The molecule has 2 aromatic rings. The van der Waals surface area contributed by atoms with E-state index in [0.29, 0.717) is 18.7 Å². The van der Waals surface area contributed by atoms with Gasteiger partial charge in [-0.05, 0) is 18.6 Å². The molecule has 44 heavy (non-hydrogen) atoms. The lowest BCUT2D eigenvalue weighted by Crippen LogP contribution is -2.35. The van der Waals surface area contributed by atoms with Gasteiger partial charge in [-0.1, -0.05) is 128 Å². The number of carbonyl (C=O) groups excluding carboxylic acids is 1. The monoisotopic (exact) mass is 633 g/mol. The lowest BCUT2D eigenvalue weighted by atomic mass is 10.0. The maximum absolute atomic E-state index is 12.6. The standard InChI is InChI=1S/C35H56NO7P/c1-2-3-4-5-6-7-8-9-10-11-12-13-14-15-16-23-29-40-31-34(43-35(37)33-24-19-17-20-25-33)32-42-44(38,39)41-30-28-36-26-21-18-22-27-36/h17-22,24-27,34H,2-16,23,28-32H2,1H3. The van der Waals surface area contributed by atoms with Crippen LogP contribution in [0.3, 0.4) is 0 Å². The summed E-state index contributed by atoms with van der Waals surface area (Å²) < 4.78 is 35.5. The van der Waals surface area contributed by atoms with Crippen LogP contribution < -0.4 is 9.46 Å². The minimum absolute atomic E-state index is 0.0389. The molecule has 0 saturated heterocycles. The molecule has 2 rings (SSSR count). The number of benzene rings is 1. The van der Waals surface area contributed by atoms with E-state index in [0.717, 1.165) is 12.8 Å². The second-order valence-electron chi connectivity index (χ2n) is 11.5. The lowest BCUT2D eigenvalue weighted by molar-refractivity contribution is -0.697. The van der Waals surface area contributed by atoms with Gasteiger partial charge in [0.1, 0.15) is 12.7 Å². The molecule has 0 radical (unpaired) electrons. The van der Waals surface area contributed by atoms with Crippen LogP contribution in [0, 0.1) is 0 Å². The fourth-order valence-corrected chi connectivity index (χ4v) is 5.66. The molecule has 1 aromatic carbocycles. The molecule has 0 aliphatic heterocycles. The number of phosphoric ester groups is 1. The Kier molecular flexibility index (Phi) is 21.8. The molecular formula is C35H56NO7P. The first-order valence-electron chi connectivity index (χ1n) is 16.9. The van der Waals surface area contributed by atoms with E-state index in [1.54, 1.807) is 34.9 Å². The van der Waals surface area contributed by atoms with Crippen molar-refractivity contribution < 1.29 is 37.3 Å². The Morgan fingerprint density at radius 3 is 1.80 bits per heavy atom. The number of rotatable bonds is 28. The van der Waals surface area contributed by atoms with Crippen LogP contribution in [0.5, 0.6) is 0 Å². The van der Waals surface area contributed by atoms with Crippen LogP contribution >= 0.6 is 7.82 Å². The zero-order chi connectivity index (χ0) is 31.6. The highest BCUT2D eigenvalue weighted by Gasteiger charge is 2.20. The van der Waals surface area contributed by atoms with Crippen molar-refractivity contribution in [3.05, 3.63) is 66.5 Å². The third-order valence-corrected chi connectivity index (χ3v) is 8.49. The third-order valence-electron chi connectivity index (χ3n) is 7.52. The van der Waals surface area contributed by atoms with Gasteiger partial charge in [-0.15, -0.1) is 0 Å². The Labute approximate surface area is 266 Å². The number of ether oxygens (including phenoxy) is 2. The number of aromatic nitrogens is 1. The van der Waals surface area contributed by atoms with Crippen molar-refractivity contribution >= 4 is 13.8 Å². The van der Waals surface area contributed by atoms with Gasteiger partial charge in [0.05, 0.1) is 18.8 Å².